The van der Waals surface area contributed by atoms with Crippen molar-refractivity contribution in [3.63, 3.8) is 0 Å². The summed E-state index contributed by atoms with van der Waals surface area (Å²) in [6.07, 6.45) is 1.40. The Morgan fingerprint density at radius 3 is 2.65 bits per heavy atom. The summed E-state index contributed by atoms with van der Waals surface area (Å²) < 4.78 is 9.93. The lowest BCUT2D eigenvalue weighted by atomic mass is 10.1. The molecule has 0 aliphatic heterocycles. The Labute approximate surface area is 113 Å². The van der Waals surface area contributed by atoms with E-state index in [1.54, 1.807) is 30.3 Å². The van der Waals surface area contributed by atoms with Crippen molar-refractivity contribution in [1.29, 1.82) is 0 Å². The smallest absolute Gasteiger partial charge is 0.302 e. The van der Waals surface area contributed by atoms with Crippen molar-refractivity contribution < 1.29 is 18.8 Å². The maximum absolute atomic E-state index is 11.9. The van der Waals surface area contributed by atoms with E-state index < -0.39 is 5.78 Å². The van der Waals surface area contributed by atoms with Crippen molar-refractivity contribution in [3.8, 4) is 11.4 Å². The van der Waals surface area contributed by atoms with Gasteiger partial charge in [0, 0.05) is 5.56 Å². The molecule has 0 amide bonds. The Morgan fingerprint density at radius 1 is 1.20 bits per heavy atom. The first-order chi connectivity index (χ1) is 9.78. The molecule has 0 unspecified atom stereocenters. The van der Waals surface area contributed by atoms with Gasteiger partial charge >= 0.3 is 5.89 Å². The third-order valence-electron chi connectivity index (χ3n) is 2.76. The Morgan fingerprint density at radius 2 is 2.00 bits per heavy atom. The van der Waals surface area contributed by atoms with E-state index >= 15 is 0 Å². The van der Waals surface area contributed by atoms with Gasteiger partial charge in [0.05, 0.1) is 12.9 Å². The fourth-order valence-electron chi connectivity index (χ4n) is 1.71. The zero-order valence-corrected chi connectivity index (χ0v) is 10.3. The fourth-order valence-corrected chi connectivity index (χ4v) is 1.71. The lowest BCUT2D eigenvalue weighted by Crippen LogP contribution is -1.99. The Bertz CT molecular complexity index is 714. The standard InChI is InChI=1S/C14H10N2O4/c17-8-9-3-5-10(6-4-9)13-15-14(20-16-13)12(18)11-2-1-7-19-11/h1-7,17H,8H2. The van der Waals surface area contributed by atoms with Crippen LogP contribution in [0.2, 0.25) is 0 Å². The van der Waals surface area contributed by atoms with E-state index in [2.05, 4.69) is 10.1 Å². The van der Waals surface area contributed by atoms with Gasteiger partial charge in [0.15, 0.2) is 5.76 Å². The molecule has 0 aliphatic carbocycles. The highest BCUT2D eigenvalue weighted by molar-refractivity contribution is 6.03. The zero-order valence-electron chi connectivity index (χ0n) is 10.3. The molecule has 0 spiro atoms. The van der Waals surface area contributed by atoms with Gasteiger partial charge in [-0.25, -0.2) is 0 Å². The number of hydrogen-bond donors (Lipinski definition) is 1. The van der Waals surface area contributed by atoms with Crippen molar-refractivity contribution >= 4 is 5.78 Å². The van der Waals surface area contributed by atoms with Gasteiger partial charge in [-0.1, -0.05) is 29.4 Å². The molecule has 1 N–H and O–H groups in total. The molecule has 0 saturated heterocycles. The number of hydrogen-bond acceptors (Lipinski definition) is 6. The third-order valence-corrected chi connectivity index (χ3v) is 2.76. The summed E-state index contributed by atoms with van der Waals surface area (Å²) in [6, 6.07) is 10.1. The lowest BCUT2D eigenvalue weighted by molar-refractivity contribution is 0.0968. The average Bonchev–Trinajstić information content (AvgIpc) is 3.18. The van der Waals surface area contributed by atoms with Crippen LogP contribution < -0.4 is 0 Å². The molecular weight excluding hydrogens is 260 g/mol. The Balaban J connectivity index is 1.88. The second-order valence-corrected chi connectivity index (χ2v) is 4.08. The molecule has 6 nitrogen and oxygen atoms in total. The number of aromatic nitrogens is 2. The van der Waals surface area contributed by atoms with Crippen molar-refractivity contribution in [3.05, 3.63) is 59.9 Å². The minimum absolute atomic E-state index is 0.0330. The molecule has 0 aliphatic rings. The van der Waals surface area contributed by atoms with Gasteiger partial charge in [-0.3, -0.25) is 4.79 Å². The van der Waals surface area contributed by atoms with Gasteiger partial charge < -0.3 is 14.0 Å². The predicted octanol–water partition coefficient (Wildman–Crippen LogP) is 2.05. The molecular formula is C14H10N2O4. The Kier molecular flexibility index (Phi) is 3.14. The summed E-state index contributed by atoms with van der Waals surface area (Å²) >= 11 is 0. The lowest BCUT2D eigenvalue weighted by Gasteiger charge is -1.96. The van der Waals surface area contributed by atoms with Crippen LogP contribution in [0.3, 0.4) is 0 Å². The minimum Gasteiger partial charge on any atom is -0.461 e. The first kappa shape index (κ1) is 12.3. The van der Waals surface area contributed by atoms with Crippen LogP contribution in [0.25, 0.3) is 11.4 Å². The molecule has 3 rings (SSSR count). The van der Waals surface area contributed by atoms with E-state index in [1.807, 2.05) is 0 Å². The first-order valence-corrected chi connectivity index (χ1v) is 5.90. The maximum atomic E-state index is 11.9. The normalized spacial score (nSPS) is 10.7. The van der Waals surface area contributed by atoms with Crippen LogP contribution in [0.4, 0.5) is 0 Å². The molecule has 0 atom stereocenters. The van der Waals surface area contributed by atoms with Crippen LogP contribution in [-0.4, -0.2) is 21.0 Å². The van der Waals surface area contributed by atoms with Gasteiger partial charge in [0.25, 0.3) is 5.78 Å². The number of rotatable bonds is 4. The number of carbonyl (C=O) groups excluding carboxylic acids is 1. The molecule has 1 aromatic carbocycles. The highest BCUT2D eigenvalue weighted by Gasteiger charge is 2.20. The second-order valence-electron chi connectivity index (χ2n) is 4.08. The monoisotopic (exact) mass is 270 g/mol. The van der Waals surface area contributed by atoms with Crippen molar-refractivity contribution in [2.24, 2.45) is 0 Å². The topological polar surface area (TPSA) is 89.4 Å². The van der Waals surface area contributed by atoms with Crippen molar-refractivity contribution in [2.45, 2.75) is 6.61 Å². The molecule has 100 valence electrons. The largest absolute Gasteiger partial charge is 0.461 e. The maximum Gasteiger partial charge on any atom is 0.302 e. The summed E-state index contributed by atoms with van der Waals surface area (Å²) in [6.45, 7) is -0.0330. The number of aliphatic hydroxyl groups excluding tert-OH is 1. The number of benzene rings is 1. The van der Waals surface area contributed by atoms with Crippen molar-refractivity contribution in [1.82, 2.24) is 10.1 Å². The number of carbonyl (C=O) groups is 1. The Hall–Kier alpha value is -2.73. The van der Waals surface area contributed by atoms with E-state index in [-0.39, 0.29) is 18.3 Å². The average molecular weight is 270 g/mol. The SMILES string of the molecule is O=C(c1ccco1)c1nc(-c2ccc(CO)cc2)no1. The van der Waals surface area contributed by atoms with Gasteiger partial charge in [-0.15, -0.1) is 0 Å². The molecule has 2 aromatic heterocycles. The van der Waals surface area contributed by atoms with Gasteiger partial charge in [-0.2, -0.15) is 4.98 Å². The third kappa shape index (κ3) is 2.24. The molecule has 20 heavy (non-hydrogen) atoms. The summed E-state index contributed by atoms with van der Waals surface area (Å²) in [5.41, 5.74) is 1.48. The fraction of sp³-hybridized carbons (Fsp3) is 0.0714. The minimum atomic E-state index is -0.458. The highest BCUT2D eigenvalue weighted by atomic mass is 16.5. The predicted molar refractivity (Wildman–Crippen MR) is 67.8 cm³/mol. The quantitative estimate of drug-likeness (QED) is 0.730. The van der Waals surface area contributed by atoms with Gasteiger partial charge in [0.1, 0.15) is 0 Å². The van der Waals surface area contributed by atoms with Crippen LogP contribution in [-0.2, 0) is 6.61 Å². The highest BCUT2D eigenvalue weighted by Crippen LogP contribution is 2.18. The van der Waals surface area contributed by atoms with E-state index in [9.17, 15) is 4.79 Å². The van der Waals surface area contributed by atoms with Gasteiger partial charge in [0.2, 0.25) is 5.82 Å². The molecule has 6 heteroatoms. The zero-order chi connectivity index (χ0) is 13.9. The van der Waals surface area contributed by atoms with Crippen LogP contribution in [0.5, 0.6) is 0 Å². The molecule has 0 radical (unpaired) electrons. The number of ketones is 1. The van der Waals surface area contributed by atoms with Crippen molar-refractivity contribution in [2.75, 3.05) is 0 Å². The molecule has 0 saturated carbocycles. The summed E-state index contributed by atoms with van der Waals surface area (Å²) in [7, 11) is 0. The summed E-state index contributed by atoms with van der Waals surface area (Å²) in [4.78, 5) is 16.0. The van der Waals surface area contributed by atoms with Gasteiger partial charge in [-0.05, 0) is 17.7 Å². The molecule has 2 heterocycles. The van der Waals surface area contributed by atoms with Crippen LogP contribution >= 0.6 is 0 Å². The van der Waals surface area contributed by atoms with E-state index in [0.29, 0.717) is 11.4 Å². The second kappa shape index (κ2) is 5.10. The van der Waals surface area contributed by atoms with Crippen LogP contribution in [0.15, 0.2) is 51.6 Å². The van der Waals surface area contributed by atoms with E-state index in [0.717, 1.165) is 5.56 Å². The van der Waals surface area contributed by atoms with Crippen LogP contribution in [0, 0.1) is 0 Å². The van der Waals surface area contributed by atoms with Crippen LogP contribution in [0.1, 0.15) is 22.0 Å². The number of aliphatic hydroxyl groups is 1. The summed E-state index contributed by atoms with van der Waals surface area (Å²) in [5, 5.41) is 12.7. The molecule has 0 bridgehead atoms. The molecule has 0 fully saturated rings. The number of nitrogens with zero attached hydrogens (tertiary/aromatic N) is 2. The van der Waals surface area contributed by atoms with E-state index in [1.165, 1.54) is 12.3 Å². The van der Waals surface area contributed by atoms with E-state index in [4.69, 9.17) is 14.0 Å². The first-order valence-electron chi connectivity index (χ1n) is 5.90. The summed E-state index contributed by atoms with van der Waals surface area (Å²) in [5.74, 6) is -0.123. The molecule has 3 aromatic rings. The number of furan rings is 1.